The average molecular weight is 249 g/mol. The molecule has 1 aliphatic heterocycles. The minimum absolute atomic E-state index is 0.229. The molecule has 1 saturated heterocycles. The third-order valence-corrected chi connectivity index (χ3v) is 3.20. The Morgan fingerprint density at radius 1 is 1.17 bits per heavy atom. The van der Waals surface area contributed by atoms with Crippen LogP contribution in [-0.2, 0) is 0 Å². The number of benzene rings is 1. The van der Waals surface area contributed by atoms with Gasteiger partial charge < -0.3 is 10.2 Å². The smallest absolute Gasteiger partial charge is 0.152 e. The fourth-order valence-electron chi connectivity index (χ4n) is 2.35. The van der Waals surface area contributed by atoms with Gasteiger partial charge in [0.15, 0.2) is 5.82 Å². The SMILES string of the molecule is Fc1cc(F)c2nccc(N3CCNCC3)c2c1. The zero-order chi connectivity index (χ0) is 12.5. The van der Waals surface area contributed by atoms with Crippen molar-refractivity contribution in [2.45, 2.75) is 0 Å². The third kappa shape index (κ3) is 1.90. The van der Waals surface area contributed by atoms with Crippen LogP contribution in [0.15, 0.2) is 24.4 Å². The molecule has 1 aliphatic rings. The van der Waals surface area contributed by atoms with Crippen molar-refractivity contribution in [3.63, 3.8) is 0 Å². The van der Waals surface area contributed by atoms with Crippen LogP contribution in [0.5, 0.6) is 0 Å². The predicted molar refractivity (Wildman–Crippen MR) is 66.7 cm³/mol. The monoisotopic (exact) mass is 249 g/mol. The van der Waals surface area contributed by atoms with Crippen molar-refractivity contribution < 1.29 is 8.78 Å². The average Bonchev–Trinajstić information content (AvgIpc) is 2.39. The van der Waals surface area contributed by atoms with E-state index in [1.54, 1.807) is 6.20 Å². The summed E-state index contributed by atoms with van der Waals surface area (Å²) in [6.45, 7) is 3.41. The van der Waals surface area contributed by atoms with E-state index in [9.17, 15) is 8.78 Å². The molecule has 1 aromatic heterocycles. The number of nitrogens with zero attached hydrogens (tertiary/aromatic N) is 2. The Hall–Kier alpha value is -1.75. The van der Waals surface area contributed by atoms with Gasteiger partial charge in [-0.25, -0.2) is 8.78 Å². The molecule has 1 fully saturated rings. The fourth-order valence-corrected chi connectivity index (χ4v) is 2.35. The minimum Gasteiger partial charge on any atom is -0.368 e. The lowest BCUT2D eigenvalue weighted by Gasteiger charge is -2.30. The highest BCUT2D eigenvalue weighted by atomic mass is 19.1. The molecule has 5 heteroatoms. The number of pyridine rings is 1. The largest absolute Gasteiger partial charge is 0.368 e. The predicted octanol–water partition coefficient (Wildman–Crippen LogP) is 1.92. The first-order valence-corrected chi connectivity index (χ1v) is 5.95. The van der Waals surface area contributed by atoms with Gasteiger partial charge in [0.05, 0.1) is 0 Å². The van der Waals surface area contributed by atoms with Gasteiger partial charge in [0.25, 0.3) is 0 Å². The molecule has 0 radical (unpaired) electrons. The quantitative estimate of drug-likeness (QED) is 0.837. The number of piperazine rings is 1. The summed E-state index contributed by atoms with van der Waals surface area (Å²) in [5.74, 6) is -1.17. The molecule has 1 aromatic carbocycles. The Morgan fingerprint density at radius 2 is 1.94 bits per heavy atom. The third-order valence-electron chi connectivity index (χ3n) is 3.20. The lowest BCUT2D eigenvalue weighted by Crippen LogP contribution is -2.43. The van der Waals surface area contributed by atoms with Crippen LogP contribution in [0.2, 0.25) is 0 Å². The zero-order valence-electron chi connectivity index (χ0n) is 9.79. The lowest BCUT2D eigenvalue weighted by molar-refractivity contribution is 0.585. The molecule has 0 amide bonds. The number of fused-ring (bicyclic) bond motifs is 1. The van der Waals surface area contributed by atoms with Crippen LogP contribution in [0.25, 0.3) is 10.9 Å². The van der Waals surface area contributed by atoms with Crippen molar-refractivity contribution in [1.82, 2.24) is 10.3 Å². The van der Waals surface area contributed by atoms with E-state index >= 15 is 0 Å². The second-order valence-electron chi connectivity index (χ2n) is 4.35. The Morgan fingerprint density at radius 3 is 2.72 bits per heavy atom. The van der Waals surface area contributed by atoms with Crippen LogP contribution < -0.4 is 10.2 Å². The molecule has 94 valence electrons. The summed E-state index contributed by atoms with van der Waals surface area (Å²) in [6, 6.07) is 4.03. The van der Waals surface area contributed by atoms with E-state index in [4.69, 9.17) is 0 Å². The first-order chi connectivity index (χ1) is 8.75. The molecule has 18 heavy (non-hydrogen) atoms. The summed E-state index contributed by atoms with van der Waals surface area (Å²) in [6.07, 6.45) is 1.57. The first-order valence-electron chi connectivity index (χ1n) is 5.95. The number of rotatable bonds is 1. The van der Waals surface area contributed by atoms with Crippen molar-refractivity contribution in [2.24, 2.45) is 0 Å². The summed E-state index contributed by atoms with van der Waals surface area (Å²) in [5, 5.41) is 3.79. The number of hydrogen-bond donors (Lipinski definition) is 1. The molecule has 0 aliphatic carbocycles. The fraction of sp³-hybridized carbons (Fsp3) is 0.308. The van der Waals surface area contributed by atoms with Gasteiger partial charge in [-0.3, -0.25) is 4.98 Å². The molecule has 2 heterocycles. The topological polar surface area (TPSA) is 28.2 Å². The maximum atomic E-state index is 13.7. The second kappa shape index (κ2) is 4.49. The normalized spacial score (nSPS) is 16.2. The summed E-state index contributed by atoms with van der Waals surface area (Å²) in [4.78, 5) is 6.12. The maximum absolute atomic E-state index is 13.7. The van der Waals surface area contributed by atoms with Crippen LogP contribution in [-0.4, -0.2) is 31.2 Å². The number of aromatic nitrogens is 1. The van der Waals surface area contributed by atoms with E-state index < -0.39 is 11.6 Å². The number of halogens is 2. The molecular formula is C13H13F2N3. The summed E-state index contributed by atoms with van der Waals surface area (Å²) < 4.78 is 27.0. The standard InChI is InChI=1S/C13H13F2N3/c14-9-7-10-12(18-5-3-16-4-6-18)1-2-17-13(10)11(15)8-9/h1-2,7-8,16H,3-6H2. The molecule has 1 N–H and O–H groups in total. The number of hydrogen-bond acceptors (Lipinski definition) is 3. The van der Waals surface area contributed by atoms with Gasteiger partial charge in [-0.15, -0.1) is 0 Å². The van der Waals surface area contributed by atoms with Crippen LogP contribution in [0.4, 0.5) is 14.5 Å². The number of anilines is 1. The maximum Gasteiger partial charge on any atom is 0.152 e. The van der Waals surface area contributed by atoms with Gasteiger partial charge in [-0.1, -0.05) is 0 Å². The lowest BCUT2D eigenvalue weighted by atomic mass is 10.1. The molecule has 0 bridgehead atoms. The van der Waals surface area contributed by atoms with E-state index in [0.717, 1.165) is 37.9 Å². The van der Waals surface area contributed by atoms with Crippen molar-refractivity contribution >= 4 is 16.6 Å². The summed E-state index contributed by atoms with van der Waals surface area (Å²) in [7, 11) is 0. The Bertz CT molecular complexity index is 580. The molecule has 3 rings (SSSR count). The van der Waals surface area contributed by atoms with Crippen LogP contribution >= 0.6 is 0 Å². The molecule has 0 unspecified atom stereocenters. The van der Waals surface area contributed by atoms with Crippen molar-refractivity contribution in [3.05, 3.63) is 36.0 Å². The van der Waals surface area contributed by atoms with Crippen LogP contribution in [0.3, 0.4) is 0 Å². The van der Waals surface area contributed by atoms with Gasteiger partial charge in [-0.2, -0.15) is 0 Å². The Balaban J connectivity index is 2.16. The Labute approximate surface area is 103 Å². The molecule has 0 atom stereocenters. The highest BCUT2D eigenvalue weighted by Gasteiger charge is 2.15. The van der Waals surface area contributed by atoms with Gasteiger partial charge in [0.2, 0.25) is 0 Å². The van der Waals surface area contributed by atoms with Gasteiger partial charge in [0, 0.05) is 49.5 Å². The van der Waals surface area contributed by atoms with Gasteiger partial charge >= 0.3 is 0 Å². The second-order valence-corrected chi connectivity index (χ2v) is 4.35. The molecule has 0 spiro atoms. The summed E-state index contributed by atoms with van der Waals surface area (Å²) >= 11 is 0. The van der Waals surface area contributed by atoms with E-state index in [-0.39, 0.29) is 5.52 Å². The minimum atomic E-state index is -0.609. The molecule has 0 saturated carbocycles. The van der Waals surface area contributed by atoms with Gasteiger partial charge in [-0.05, 0) is 12.1 Å². The molecule has 2 aromatic rings. The van der Waals surface area contributed by atoms with Crippen LogP contribution in [0, 0.1) is 11.6 Å². The van der Waals surface area contributed by atoms with Crippen molar-refractivity contribution in [3.8, 4) is 0 Å². The van der Waals surface area contributed by atoms with E-state index in [0.29, 0.717) is 5.39 Å². The molecule has 3 nitrogen and oxygen atoms in total. The van der Waals surface area contributed by atoms with E-state index in [2.05, 4.69) is 15.2 Å². The highest BCUT2D eigenvalue weighted by molar-refractivity contribution is 5.92. The highest BCUT2D eigenvalue weighted by Crippen LogP contribution is 2.28. The van der Waals surface area contributed by atoms with E-state index in [1.807, 2.05) is 6.07 Å². The number of nitrogens with one attached hydrogen (secondary N) is 1. The first kappa shape index (κ1) is 11.3. The van der Waals surface area contributed by atoms with Crippen LogP contribution in [0.1, 0.15) is 0 Å². The van der Waals surface area contributed by atoms with Crippen molar-refractivity contribution in [2.75, 3.05) is 31.1 Å². The summed E-state index contributed by atoms with van der Waals surface area (Å²) in [5.41, 5.74) is 1.08. The van der Waals surface area contributed by atoms with Gasteiger partial charge in [0.1, 0.15) is 11.3 Å². The molecular weight excluding hydrogens is 236 g/mol. The zero-order valence-corrected chi connectivity index (χ0v) is 9.79. The van der Waals surface area contributed by atoms with E-state index in [1.165, 1.54) is 6.07 Å². The Kier molecular flexibility index (Phi) is 2.83. The van der Waals surface area contributed by atoms with Crippen molar-refractivity contribution in [1.29, 1.82) is 0 Å².